The van der Waals surface area contributed by atoms with E-state index in [2.05, 4.69) is 27.2 Å². The lowest BCUT2D eigenvalue weighted by Gasteiger charge is -2.32. The number of hydrogen-bond donors (Lipinski definition) is 1. The highest BCUT2D eigenvalue weighted by Gasteiger charge is 2.20. The van der Waals surface area contributed by atoms with Crippen LogP contribution in [0, 0.1) is 0 Å². The maximum Gasteiger partial charge on any atom is 0.253 e. The monoisotopic (exact) mass is 373 g/mol. The van der Waals surface area contributed by atoms with Gasteiger partial charge in [-0.1, -0.05) is 30.3 Å². The molecule has 0 atom stereocenters. The fourth-order valence-corrected chi connectivity index (χ4v) is 3.23. The molecule has 2 aromatic carbocycles. The summed E-state index contributed by atoms with van der Waals surface area (Å²) >= 11 is 0. The Morgan fingerprint density at radius 3 is 2.36 bits per heavy atom. The number of rotatable bonds is 4. The predicted molar refractivity (Wildman–Crippen MR) is 111 cm³/mol. The van der Waals surface area contributed by atoms with E-state index < -0.39 is 0 Å². The number of anilines is 2. The van der Waals surface area contributed by atoms with E-state index in [0.29, 0.717) is 5.56 Å². The van der Waals surface area contributed by atoms with Crippen molar-refractivity contribution in [2.75, 3.05) is 38.5 Å². The Labute approximate surface area is 164 Å². The molecule has 1 saturated heterocycles. The Hall–Kier alpha value is -3.25. The minimum atomic E-state index is 0.0915. The lowest BCUT2D eigenvalue weighted by atomic mass is 10.1. The third-order valence-electron chi connectivity index (χ3n) is 4.93. The third-order valence-corrected chi connectivity index (χ3v) is 4.93. The van der Waals surface area contributed by atoms with Crippen molar-refractivity contribution in [1.82, 2.24) is 19.8 Å². The summed E-state index contributed by atoms with van der Waals surface area (Å²) in [7, 11) is 2.08. The van der Waals surface area contributed by atoms with Crippen LogP contribution in [0.5, 0.6) is 0 Å². The summed E-state index contributed by atoms with van der Waals surface area (Å²) in [6.07, 6.45) is 1.55. The lowest BCUT2D eigenvalue weighted by molar-refractivity contribution is 0.0664. The van der Waals surface area contributed by atoms with Crippen LogP contribution in [0.15, 0.2) is 67.0 Å². The molecule has 0 spiro atoms. The van der Waals surface area contributed by atoms with Crippen molar-refractivity contribution in [1.29, 1.82) is 0 Å². The molecule has 0 bridgehead atoms. The van der Waals surface area contributed by atoms with E-state index in [1.807, 2.05) is 65.6 Å². The minimum Gasteiger partial charge on any atom is -0.340 e. The Morgan fingerprint density at radius 2 is 1.64 bits per heavy atom. The average Bonchev–Trinajstić information content (AvgIpc) is 2.75. The number of benzene rings is 2. The van der Waals surface area contributed by atoms with Crippen molar-refractivity contribution < 1.29 is 4.79 Å². The number of aromatic nitrogens is 2. The quantitative estimate of drug-likeness (QED) is 0.761. The van der Waals surface area contributed by atoms with Crippen molar-refractivity contribution in [3.8, 4) is 11.3 Å². The molecule has 0 aliphatic carbocycles. The molecule has 0 radical (unpaired) electrons. The van der Waals surface area contributed by atoms with Gasteiger partial charge in [-0.3, -0.25) is 4.79 Å². The van der Waals surface area contributed by atoms with Crippen molar-refractivity contribution in [3.63, 3.8) is 0 Å². The zero-order valence-electron chi connectivity index (χ0n) is 15.9. The highest BCUT2D eigenvalue weighted by Crippen LogP contribution is 2.22. The molecule has 6 heteroatoms. The molecule has 0 saturated carbocycles. The van der Waals surface area contributed by atoms with Crippen molar-refractivity contribution in [2.45, 2.75) is 0 Å². The molecule has 1 fully saturated rings. The average molecular weight is 373 g/mol. The van der Waals surface area contributed by atoms with Crippen molar-refractivity contribution in [3.05, 3.63) is 72.6 Å². The van der Waals surface area contributed by atoms with Gasteiger partial charge in [0.1, 0.15) is 12.1 Å². The van der Waals surface area contributed by atoms with Crippen LogP contribution in [0.2, 0.25) is 0 Å². The van der Waals surface area contributed by atoms with Crippen molar-refractivity contribution in [2.24, 2.45) is 0 Å². The molecule has 4 rings (SSSR count). The van der Waals surface area contributed by atoms with Crippen LogP contribution in [-0.2, 0) is 0 Å². The summed E-state index contributed by atoms with van der Waals surface area (Å²) in [5.41, 5.74) is 3.45. The summed E-state index contributed by atoms with van der Waals surface area (Å²) in [6, 6.07) is 19.4. The number of nitrogens with zero attached hydrogens (tertiary/aromatic N) is 4. The number of piperazine rings is 1. The maximum absolute atomic E-state index is 12.7. The maximum atomic E-state index is 12.7. The molecule has 1 aromatic heterocycles. The molecule has 6 nitrogen and oxygen atoms in total. The van der Waals surface area contributed by atoms with Gasteiger partial charge in [0, 0.05) is 49.1 Å². The van der Waals surface area contributed by atoms with E-state index in [0.717, 1.165) is 48.9 Å². The van der Waals surface area contributed by atoms with Gasteiger partial charge in [-0.05, 0) is 31.3 Å². The first-order valence-electron chi connectivity index (χ1n) is 9.41. The molecule has 1 aliphatic heterocycles. The number of hydrogen-bond acceptors (Lipinski definition) is 5. The van der Waals surface area contributed by atoms with Gasteiger partial charge < -0.3 is 15.1 Å². The van der Waals surface area contributed by atoms with E-state index in [1.54, 1.807) is 6.33 Å². The van der Waals surface area contributed by atoms with Gasteiger partial charge >= 0.3 is 0 Å². The van der Waals surface area contributed by atoms with Crippen LogP contribution in [0.3, 0.4) is 0 Å². The SMILES string of the molecule is CN1CCN(C(=O)c2ccc(-c3cc(Nc4ccccc4)ncn3)cc2)CC1. The topological polar surface area (TPSA) is 61.4 Å². The summed E-state index contributed by atoms with van der Waals surface area (Å²) in [5, 5.41) is 3.27. The number of para-hydroxylation sites is 1. The minimum absolute atomic E-state index is 0.0915. The zero-order chi connectivity index (χ0) is 19.3. The largest absolute Gasteiger partial charge is 0.340 e. The number of carbonyl (C=O) groups excluding carboxylic acids is 1. The Bertz CT molecular complexity index is 935. The normalized spacial score (nSPS) is 14.7. The first-order valence-corrected chi connectivity index (χ1v) is 9.41. The second-order valence-electron chi connectivity index (χ2n) is 6.95. The van der Waals surface area contributed by atoms with E-state index in [9.17, 15) is 4.79 Å². The second kappa shape index (κ2) is 8.19. The first-order chi connectivity index (χ1) is 13.7. The van der Waals surface area contributed by atoms with Gasteiger partial charge in [0.05, 0.1) is 5.69 Å². The molecular formula is C22H23N5O. The molecule has 142 valence electrons. The molecular weight excluding hydrogens is 350 g/mol. The number of amides is 1. The van der Waals surface area contributed by atoms with Crippen LogP contribution in [0.1, 0.15) is 10.4 Å². The van der Waals surface area contributed by atoms with Gasteiger partial charge in [-0.2, -0.15) is 0 Å². The number of nitrogens with one attached hydrogen (secondary N) is 1. The van der Waals surface area contributed by atoms with Crippen LogP contribution < -0.4 is 5.32 Å². The van der Waals surface area contributed by atoms with Crippen LogP contribution in [0.25, 0.3) is 11.3 Å². The number of likely N-dealkylation sites (N-methyl/N-ethyl adjacent to an activating group) is 1. The van der Waals surface area contributed by atoms with Gasteiger partial charge in [0.2, 0.25) is 0 Å². The van der Waals surface area contributed by atoms with E-state index in [-0.39, 0.29) is 5.91 Å². The molecule has 3 aromatic rings. The lowest BCUT2D eigenvalue weighted by Crippen LogP contribution is -2.47. The first kappa shape index (κ1) is 18.1. The van der Waals surface area contributed by atoms with Gasteiger partial charge in [0.25, 0.3) is 5.91 Å². The Balaban J connectivity index is 1.48. The summed E-state index contributed by atoms with van der Waals surface area (Å²) in [5.74, 6) is 0.822. The van der Waals surface area contributed by atoms with Crippen molar-refractivity contribution >= 4 is 17.4 Å². The molecule has 1 aliphatic rings. The Kier molecular flexibility index (Phi) is 5.30. The van der Waals surface area contributed by atoms with Gasteiger partial charge in [0.15, 0.2) is 0 Å². The van der Waals surface area contributed by atoms with E-state index in [1.165, 1.54) is 0 Å². The van der Waals surface area contributed by atoms with E-state index in [4.69, 9.17) is 0 Å². The molecule has 1 N–H and O–H groups in total. The van der Waals surface area contributed by atoms with Gasteiger partial charge in [-0.15, -0.1) is 0 Å². The summed E-state index contributed by atoms with van der Waals surface area (Å²) in [6.45, 7) is 3.39. The fraction of sp³-hybridized carbons (Fsp3) is 0.227. The molecule has 0 unspecified atom stereocenters. The summed E-state index contributed by atoms with van der Waals surface area (Å²) < 4.78 is 0. The third kappa shape index (κ3) is 4.18. The van der Waals surface area contributed by atoms with Crippen LogP contribution >= 0.6 is 0 Å². The summed E-state index contributed by atoms with van der Waals surface area (Å²) in [4.78, 5) is 25.5. The van der Waals surface area contributed by atoms with Crippen LogP contribution in [-0.4, -0.2) is 58.9 Å². The predicted octanol–water partition coefficient (Wildman–Crippen LogP) is 3.27. The zero-order valence-corrected chi connectivity index (χ0v) is 15.9. The van der Waals surface area contributed by atoms with Crippen LogP contribution in [0.4, 0.5) is 11.5 Å². The molecule has 2 heterocycles. The fourth-order valence-electron chi connectivity index (χ4n) is 3.23. The number of carbonyl (C=O) groups is 1. The second-order valence-corrected chi connectivity index (χ2v) is 6.95. The Morgan fingerprint density at radius 1 is 0.929 bits per heavy atom. The molecule has 28 heavy (non-hydrogen) atoms. The molecule has 1 amide bonds. The highest BCUT2D eigenvalue weighted by molar-refractivity contribution is 5.94. The standard InChI is InChI=1S/C22H23N5O/c1-26-11-13-27(14-12-26)22(28)18-9-7-17(8-10-18)20-15-21(24-16-23-20)25-19-5-3-2-4-6-19/h2-10,15-16H,11-14H2,1H3,(H,23,24,25). The van der Waals surface area contributed by atoms with E-state index >= 15 is 0 Å². The smallest absolute Gasteiger partial charge is 0.253 e. The highest BCUT2D eigenvalue weighted by atomic mass is 16.2. The van der Waals surface area contributed by atoms with Gasteiger partial charge in [-0.25, -0.2) is 9.97 Å².